The smallest absolute Gasteiger partial charge is 0.388 e. The molecule has 0 radical (unpaired) electrons. The van der Waals surface area contributed by atoms with E-state index in [1.807, 2.05) is 18.2 Å². The molecule has 0 bridgehead atoms. The maximum Gasteiger partial charge on any atom is 0.416 e. The van der Waals surface area contributed by atoms with Crippen LogP contribution in [-0.4, -0.2) is 29.3 Å². The molecule has 2 aliphatic rings. The van der Waals surface area contributed by atoms with Crippen LogP contribution in [0.3, 0.4) is 0 Å². The van der Waals surface area contributed by atoms with E-state index in [1.165, 1.54) is 11.6 Å². The number of rotatable bonds is 3. The van der Waals surface area contributed by atoms with Crippen molar-refractivity contribution in [3.8, 4) is 0 Å². The molecule has 27 heavy (non-hydrogen) atoms. The van der Waals surface area contributed by atoms with Gasteiger partial charge in [-0.1, -0.05) is 47.6 Å². The summed E-state index contributed by atoms with van der Waals surface area (Å²) in [4.78, 5) is 8.13. The van der Waals surface area contributed by atoms with Gasteiger partial charge < -0.3 is 4.84 Å². The number of nitrogens with zero attached hydrogens (tertiary/aromatic N) is 2. The third-order valence-electron chi connectivity index (χ3n) is 5.38. The van der Waals surface area contributed by atoms with E-state index in [-0.39, 0.29) is 5.60 Å². The van der Waals surface area contributed by atoms with Gasteiger partial charge in [-0.25, -0.2) is 0 Å². The van der Waals surface area contributed by atoms with Crippen LogP contribution >= 0.6 is 0 Å². The van der Waals surface area contributed by atoms with Gasteiger partial charge in [0.05, 0.1) is 11.3 Å². The molecule has 142 valence electrons. The van der Waals surface area contributed by atoms with Crippen molar-refractivity contribution in [2.75, 3.05) is 13.1 Å². The van der Waals surface area contributed by atoms with Gasteiger partial charge in [0.1, 0.15) is 5.60 Å². The molecule has 2 aromatic rings. The maximum absolute atomic E-state index is 12.9. The minimum atomic E-state index is -4.35. The van der Waals surface area contributed by atoms with Crippen molar-refractivity contribution in [3.63, 3.8) is 0 Å². The Bertz CT molecular complexity index is 825. The largest absolute Gasteiger partial charge is 0.416 e. The van der Waals surface area contributed by atoms with Crippen LogP contribution in [0.25, 0.3) is 0 Å². The molecule has 2 aromatic carbocycles. The van der Waals surface area contributed by atoms with Crippen LogP contribution in [0.4, 0.5) is 13.2 Å². The van der Waals surface area contributed by atoms with Crippen molar-refractivity contribution in [3.05, 3.63) is 71.3 Å². The monoisotopic (exact) mass is 374 g/mol. The summed E-state index contributed by atoms with van der Waals surface area (Å²) in [5.41, 5.74) is 1.35. The summed E-state index contributed by atoms with van der Waals surface area (Å²) in [7, 11) is 0. The van der Waals surface area contributed by atoms with Crippen LogP contribution in [0.2, 0.25) is 0 Å². The van der Waals surface area contributed by atoms with Crippen molar-refractivity contribution in [2.45, 2.75) is 37.6 Å². The molecule has 0 N–H and O–H groups in total. The van der Waals surface area contributed by atoms with Gasteiger partial charge in [0, 0.05) is 44.5 Å². The summed E-state index contributed by atoms with van der Waals surface area (Å²) in [5.74, 6) is 0. The maximum atomic E-state index is 12.9. The number of likely N-dealkylation sites (tertiary alicyclic amines) is 1. The number of piperidine rings is 1. The molecule has 0 saturated carbocycles. The fourth-order valence-electron chi connectivity index (χ4n) is 3.78. The molecule has 0 aliphatic carbocycles. The lowest BCUT2D eigenvalue weighted by molar-refractivity contribution is -0.137. The molecule has 0 atom stereocenters. The lowest BCUT2D eigenvalue weighted by Gasteiger charge is -2.37. The highest BCUT2D eigenvalue weighted by Gasteiger charge is 2.42. The number of halogens is 3. The zero-order valence-electron chi connectivity index (χ0n) is 14.9. The molecule has 0 aromatic heterocycles. The SMILES string of the molecule is FC(F)(F)c1cccc(C2=NOC3(CCN(Cc4ccccc4)CC3)C2)c1. The molecular weight excluding hydrogens is 353 g/mol. The van der Waals surface area contributed by atoms with Gasteiger partial charge in [0.15, 0.2) is 0 Å². The number of hydrogen-bond donors (Lipinski definition) is 0. The zero-order valence-corrected chi connectivity index (χ0v) is 14.9. The van der Waals surface area contributed by atoms with Crippen molar-refractivity contribution < 1.29 is 18.0 Å². The van der Waals surface area contributed by atoms with Gasteiger partial charge >= 0.3 is 6.18 Å². The molecule has 4 rings (SSSR count). The van der Waals surface area contributed by atoms with E-state index in [2.05, 4.69) is 22.2 Å². The Labute approximate surface area is 156 Å². The van der Waals surface area contributed by atoms with Crippen LogP contribution in [0.5, 0.6) is 0 Å². The number of benzene rings is 2. The van der Waals surface area contributed by atoms with Gasteiger partial charge in [-0.3, -0.25) is 4.90 Å². The van der Waals surface area contributed by atoms with Gasteiger partial charge in [-0.05, 0) is 17.7 Å². The Hall–Kier alpha value is -2.34. The first kappa shape index (κ1) is 18.0. The summed E-state index contributed by atoms with van der Waals surface area (Å²) in [6.45, 7) is 2.68. The van der Waals surface area contributed by atoms with Crippen molar-refractivity contribution in [1.29, 1.82) is 0 Å². The van der Waals surface area contributed by atoms with Gasteiger partial charge in [0.25, 0.3) is 0 Å². The van der Waals surface area contributed by atoms with Crippen molar-refractivity contribution >= 4 is 5.71 Å². The van der Waals surface area contributed by atoms with E-state index in [9.17, 15) is 13.2 Å². The second-order valence-electron chi connectivity index (χ2n) is 7.33. The van der Waals surface area contributed by atoms with Crippen molar-refractivity contribution in [1.82, 2.24) is 4.90 Å². The Balaban J connectivity index is 1.38. The third-order valence-corrected chi connectivity index (χ3v) is 5.38. The highest BCUT2D eigenvalue weighted by atomic mass is 19.4. The first-order valence-electron chi connectivity index (χ1n) is 9.13. The topological polar surface area (TPSA) is 24.8 Å². The Morgan fingerprint density at radius 2 is 1.74 bits per heavy atom. The molecular formula is C21H21F3N2O. The van der Waals surface area contributed by atoms with E-state index in [0.717, 1.165) is 44.6 Å². The molecule has 1 spiro atoms. The normalized spacial score (nSPS) is 19.7. The summed E-state index contributed by atoms with van der Waals surface area (Å²) < 4.78 is 38.8. The van der Waals surface area contributed by atoms with Crippen LogP contribution in [0, 0.1) is 0 Å². The van der Waals surface area contributed by atoms with E-state index in [4.69, 9.17) is 4.84 Å². The Morgan fingerprint density at radius 3 is 2.44 bits per heavy atom. The number of alkyl halides is 3. The summed E-state index contributed by atoms with van der Waals surface area (Å²) in [6, 6.07) is 15.6. The van der Waals surface area contributed by atoms with Gasteiger partial charge in [0.2, 0.25) is 0 Å². The third kappa shape index (κ3) is 4.00. The summed E-state index contributed by atoms with van der Waals surface area (Å²) in [6.07, 6.45) is -2.14. The first-order valence-corrected chi connectivity index (χ1v) is 9.13. The van der Waals surface area contributed by atoms with Crippen LogP contribution in [0.15, 0.2) is 59.8 Å². The van der Waals surface area contributed by atoms with E-state index in [1.54, 1.807) is 6.07 Å². The number of oxime groups is 1. The Morgan fingerprint density at radius 1 is 1.00 bits per heavy atom. The summed E-state index contributed by atoms with van der Waals surface area (Å²) >= 11 is 0. The lowest BCUT2D eigenvalue weighted by atomic mass is 9.85. The zero-order chi connectivity index (χ0) is 18.9. The fraction of sp³-hybridized carbons (Fsp3) is 0.381. The minimum Gasteiger partial charge on any atom is -0.388 e. The molecule has 1 fully saturated rings. The van der Waals surface area contributed by atoms with Gasteiger partial charge in [-0.15, -0.1) is 0 Å². The fourth-order valence-corrected chi connectivity index (χ4v) is 3.78. The predicted molar refractivity (Wildman–Crippen MR) is 97.4 cm³/mol. The molecule has 1 saturated heterocycles. The van der Waals surface area contributed by atoms with Crippen LogP contribution in [0.1, 0.15) is 36.0 Å². The molecule has 3 nitrogen and oxygen atoms in total. The average Bonchev–Trinajstić information content (AvgIpc) is 3.08. The van der Waals surface area contributed by atoms with Gasteiger partial charge in [-0.2, -0.15) is 13.2 Å². The van der Waals surface area contributed by atoms with Crippen LogP contribution in [-0.2, 0) is 17.6 Å². The standard InChI is InChI=1S/C21H21F3N2O/c22-21(23,24)18-8-4-7-17(13-18)19-14-20(27-25-19)9-11-26(12-10-20)15-16-5-2-1-3-6-16/h1-8,13H,9-12,14-15H2. The number of hydrogen-bond acceptors (Lipinski definition) is 3. The quantitative estimate of drug-likeness (QED) is 0.766. The Kier molecular flexibility index (Phi) is 4.68. The second-order valence-corrected chi connectivity index (χ2v) is 7.33. The molecule has 0 unspecified atom stereocenters. The molecule has 2 heterocycles. The van der Waals surface area contributed by atoms with E-state index in [0.29, 0.717) is 17.7 Å². The van der Waals surface area contributed by atoms with Crippen molar-refractivity contribution in [2.24, 2.45) is 5.16 Å². The van der Waals surface area contributed by atoms with Crippen LogP contribution < -0.4 is 0 Å². The molecule has 0 amide bonds. The first-order chi connectivity index (χ1) is 12.9. The predicted octanol–water partition coefficient (Wildman–Crippen LogP) is 4.86. The highest BCUT2D eigenvalue weighted by molar-refractivity contribution is 6.01. The lowest BCUT2D eigenvalue weighted by Crippen LogP contribution is -2.44. The second kappa shape index (κ2) is 7.00. The summed E-state index contributed by atoms with van der Waals surface area (Å²) in [5, 5.41) is 4.15. The minimum absolute atomic E-state index is 0.378. The molecule has 6 heteroatoms. The highest BCUT2D eigenvalue weighted by Crippen LogP contribution is 2.37. The van der Waals surface area contributed by atoms with E-state index < -0.39 is 11.7 Å². The van der Waals surface area contributed by atoms with E-state index >= 15 is 0 Å². The molecule has 2 aliphatic heterocycles. The average molecular weight is 374 g/mol.